The van der Waals surface area contributed by atoms with Gasteiger partial charge in [0.1, 0.15) is 0 Å². The molecule has 0 radical (unpaired) electrons. The van der Waals surface area contributed by atoms with Gasteiger partial charge < -0.3 is 15.0 Å². The molecule has 1 aliphatic heterocycles. The molecule has 2 aromatic carbocycles. The Bertz CT molecular complexity index is 1110. The van der Waals surface area contributed by atoms with Gasteiger partial charge in [0.05, 0.1) is 37.4 Å². The Morgan fingerprint density at radius 3 is 2.64 bits per heavy atom. The second-order valence-electron chi connectivity index (χ2n) is 7.36. The highest BCUT2D eigenvalue weighted by Gasteiger charge is 2.36. The molecule has 0 aliphatic carbocycles. The molecule has 0 bridgehead atoms. The predicted octanol–water partition coefficient (Wildman–Crippen LogP) is 5.49. The van der Waals surface area contributed by atoms with E-state index in [1.807, 2.05) is 6.07 Å². The molecule has 0 amide bonds. The van der Waals surface area contributed by atoms with Gasteiger partial charge in [-0.2, -0.15) is 13.2 Å². The molecule has 1 aliphatic rings. The zero-order chi connectivity index (χ0) is 24.2. The second-order valence-corrected chi connectivity index (χ2v) is 7.80. The third kappa shape index (κ3) is 5.57. The maximum Gasteiger partial charge on any atom is 0.416 e. The van der Waals surface area contributed by atoms with Crippen LogP contribution in [0.25, 0.3) is 0 Å². The van der Waals surface area contributed by atoms with Crippen molar-refractivity contribution in [3.05, 3.63) is 94.2 Å². The maximum absolute atomic E-state index is 13.2. The van der Waals surface area contributed by atoms with Gasteiger partial charge >= 0.3 is 12.1 Å². The highest BCUT2D eigenvalue weighted by molar-refractivity contribution is 6.30. The lowest BCUT2D eigenvalue weighted by Gasteiger charge is -2.38. The van der Waals surface area contributed by atoms with Gasteiger partial charge in [-0.3, -0.25) is 0 Å². The number of esters is 1. The number of nitrogens with one attached hydrogen (secondary N) is 1. The summed E-state index contributed by atoms with van der Waals surface area (Å²) in [4.78, 5) is 18.9. The van der Waals surface area contributed by atoms with E-state index in [0.717, 1.165) is 12.1 Å². The van der Waals surface area contributed by atoms with Crippen molar-refractivity contribution in [1.29, 1.82) is 0 Å². The van der Waals surface area contributed by atoms with Crippen molar-refractivity contribution in [3.8, 4) is 0 Å². The molecule has 9 heteroatoms. The molecular weight excluding hydrogens is 455 g/mol. The summed E-state index contributed by atoms with van der Waals surface area (Å²) in [6, 6.07) is 11.4. The van der Waals surface area contributed by atoms with Crippen LogP contribution in [-0.4, -0.2) is 30.5 Å². The van der Waals surface area contributed by atoms with Gasteiger partial charge in [-0.05, 0) is 42.3 Å². The zero-order valence-corrected chi connectivity index (χ0v) is 18.9. The zero-order valence-electron chi connectivity index (χ0n) is 18.1. The van der Waals surface area contributed by atoms with Crippen LogP contribution in [0.1, 0.15) is 29.7 Å². The number of aliphatic imine (C=N–C) groups is 1. The summed E-state index contributed by atoms with van der Waals surface area (Å²) < 4.78 is 44.6. The lowest BCUT2D eigenvalue weighted by atomic mass is 9.94. The van der Waals surface area contributed by atoms with E-state index in [9.17, 15) is 18.0 Å². The van der Waals surface area contributed by atoms with Crippen molar-refractivity contribution in [2.45, 2.75) is 25.7 Å². The largest absolute Gasteiger partial charge is 0.466 e. The van der Waals surface area contributed by atoms with Crippen LogP contribution in [-0.2, 0) is 22.3 Å². The topological polar surface area (TPSA) is 53.9 Å². The summed E-state index contributed by atoms with van der Waals surface area (Å²) in [7, 11) is 1.27. The molecule has 174 valence electrons. The van der Waals surface area contributed by atoms with Crippen LogP contribution in [0.15, 0.2) is 77.4 Å². The number of alkyl halides is 3. The standard InChI is InChI=1S/C24H23ClF3N3O2/c1-4-11-29-23-30-21(17-8-6-10-19(25)13-17)20(22(32)33-3)15(2)31(23)14-16-7-5-9-18(12-16)24(26,27)28/h4-10,12-13,21H,1,11,14H2,2-3H3,(H,29,30). The molecule has 33 heavy (non-hydrogen) atoms. The van der Waals surface area contributed by atoms with E-state index in [1.165, 1.54) is 13.2 Å². The Morgan fingerprint density at radius 1 is 1.27 bits per heavy atom. The molecule has 0 aromatic heterocycles. The predicted molar refractivity (Wildman–Crippen MR) is 122 cm³/mol. The fraction of sp³-hybridized carbons (Fsp3) is 0.250. The fourth-order valence-electron chi connectivity index (χ4n) is 3.61. The minimum atomic E-state index is -4.46. The van der Waals surface area contributed by atoms with E-state index in [0.29, 0.717) is 33.4 Å². The average Bonchev–Trinajstić information content (AvgIpc) is 2.78. The Kier molecular flexibility index (Phi) is 7.48. The third-order valence-electron chi connectivity index (χ3n) is 5.16. The molecule has 3 rings (SSSR count). The van der Waals surface area contributed by atoms with E-state index in [1.54, 1.807) is 42.2 Å². The van der Waals surface area contributed by atoms with Crippen LogP contribution in [0.4, 0.5) is 13.2 Å². The molecule has 1 unspecified atom stereocenters. The van der Waals surface area contributed by atoms with Crippen LogP contribution >= 0.6 is 11.6 Å². The lowest BCUT2D eigenvalue weighted by Crippen LogP contribution is -2.48. The molecule has 0 saturated heterocycles. The van der Waals surface area contributed by atoms with E-state index in [2.05, 4.69) is 16.9 Å². The molecule has 0 saturated carbocycles. The van der Waals surface area contributed by atoms with E-state index in [4.69, 9.17) is 16.3 Å². The van der Waals surface area contributed by atoms with E-state index >= 15 is 0 Å². The Morgan fingerprint density at radius 2 is 2.00 bits per heavy atom. The normalized spacial score (nSPS) is 17.7. The van der Waals surface area contributed by atoms with E-state index in [-0.39, 0.29) is 13.1 Å². The first kappa shape index (κ1) is 24.4. The Hall–Kier alpha value is -3.26. The van der Waals surface area contributed by atoms with Gasteiger partial charge in [0.2, 0.25) is 0 Å². The van der Waals surface area contributed by atoms with Crippen molar-refractivity contribution in [3.63, 3.8) is 0 Å². The smallest absolute Gasteiger partial charge is 0.416 e. The quantitative estimate of drug-likeness (QED) is 0.441. The van der Waals surface area contributed by atoms with Crippen molar-refractivity contribution in [1.82, 2.24) is 10.2 Å². The summed E-state index contributed by atoms with van der Waals surface area (Å²) in [5, 5.41) is 3.72. The van der Waals surface area contributed by atoms with E-state index < -0.39 is 23.8 Å². The van der Waals surface area contributed by atoms with Gasteiger partial charge in [0.25, 0.3) is 0 Å². The molecule has 5 nitrogen and oxygen atoms in total. The number of hydrogen-bond acceptors (Lipinski definition) is 3. The fourth-order valence-corrected chi connectivity index (χ4v) is 3.81. The van der Waals surface area contributed by atoms with Gasteiger partial charge in [0, 0.05) is 10.7 Å². The van der Waals surface area contributed by atoms with Crippen molar-refractivity contribution in [2.24, 2.45) is 4.99 Å². The second kappa shape index (κ2) is 10.1. The minimum Gasteiger partial charge on any atom is -0.466 e. The van der Waals surface area contributed by atoms with Gasteiger partial charge in [0.15, 0.2) is 5.96 Å². The molecule has 1 atom stereocenters. The van der Waals surface area contributed by atoms with Gasteiger partial charge in [-0.1, -0.05) is 41.9 Å². The summed E-state index contributed by atoms with van der Waals surface area (Å²) >= 11 is 6.16. The number of rotatable bonds is 6. The summed E-state index contributed by atoms with van der Waals surface area (Å²) in [5.41, 5.74) is 1.19. The summed E-state index contributed by atoms with van der Waals surface area (Å²) in [6.07, 6.45) is -2.87. The molecule has 0 spiro atoms. The molecule has 1 N–H and O–H groups in total. The molecule has 2 aromatic rings. The number of carbonyl (C=O) groups excluding carboxylic acids is 1. The van der Waals surface area contributed by atoms with Crippen LogP contribution in [0.2, 0.25) is 5.02 Å². The number of hydrogen-bond donors (Lipinski definition) is 1. The van der Waals surface area contributed by atoms with Crippen LogP contribution in [0, 0.1) is 0 Å². The highest BCUT2D eigenvalue weighted by Crippen LogP contribution is 2.34. The number of carbonyl (C=O) groups is 1. The van der Waals surface area contributed by atoms with Gasteiger partial charge in [-0.15, -0.1) is 6.58 Å². The van der Waals surface area contributed by atoms with Crippen LogP contribution in [0.3, 0.4) is 0 Å². The first-order valence-corrected chi connectivity index (χ1v) is 10.4. The van der Waals surface area contributed by atoms with Crippen molar-refractivity contribution >= 4 is 23.5 Å². The number of methoxy groups -OCH3 is 1. The lowest BCUT2D eigenvalue weighted by molar-refractivity contribution is -0.138. The summed E-state index contributed by atoms with van der Waals surface area (Å²) in [5.74, 6) is -0.177. The Labute approximate surface area is 195 Å². The van der Waals surface area contributed by atoms with Crippen molar-refractivity contribution in [2.75, 3.05) is 13.7 Å². The molecule has 1 heterocycles. The molecule has 0 fully saturated rings. The first-order valence-electron chi connectivity index (χ1n) is 10.1. The minimum absolute atomic E-state index is 0.0570. The number of benzene rings is 2. The first-order chi connectivity index (χ1) is 15.7. The SMILES string of the molecule is C=CCN=C1NC(c2cccc(Cl)c2)C(C(=O)OC)=C(C)N1Cc1cccc(C(F)(F)F)c1. The van der Waals surface area contributed by atoms with Crippen molar-refractivity contribution < 1.29 is 22.7 Å². The number of halogens is 4. The number of ether oxygens (including phenoxy) is 1. The highest BCUT2D eigenvalue weighted by atomic mass is 35.5. The summed E-state index contributed by atoms with van der Waals surface area (Å²) in [6.45, 7) is 5.71. The monoisotopic (exact) mass is 477 g/mol. The number of nitrogens with zero attached hydrogens (tertiary/aromatic N) is 2. The Balaban J connectivity index is 2.11. The number of guanidine groups is 1. The van der Waals surface area contributed by atoms with Crippen LogP contribution in [0.5, 0.6) is 0 Å². The third-order valence-corrected chi connectivity index (χ3v) is 5.40. The van der Waals surface area contributed by atoms with Gasteiger partial charge in [-0.25, -0.2) is 9.79 Å². The van der Waals surface area contributed by atoms with Crippen LogP contribution < -0.4 is 5.32 Å². The number of allylic oxidation sites excluding steroid dienone is 1. The maximum atomic E-state index is 13.2. The molecular formula is C24H23ClF3N3O2. The average molecular weight is 478 g/mol.